The minimum absolute atomic E-state index is 0.266. The van der Waals surface area contributed by atoms with Gasteiger partial charge in [0.05, 0.1) is 6.07 Å². The summed E-state index contributed by atoms with van der Waals surface area (Å²) < 4.78 is 5.20. The first-order chi connectivity index (χ1) is 5.21. The largest absolute Gasteiger partial charge is 0.381 e. The molecule has 11 heavy (non-hydrogen) atoms. The predicted octanol–water partition coefficient (Wildman–Crippen LogP) is 0.621. The molecule has 0 saturated carbocycles. The molecule has 0 aromatic heterocycles. The highest BCUT2D eigenvalue weighted by molar-refractivity contribution is 5.07. The van der Waals surface area contributed by atoms with Crippen LogP contribution < -0.4 is 0 Å². The lowest BCUT2D eigenvalue weighted by molar-refractivity contribution is 0.0206. The number of rotatable bonds is 1. The fraction of sp³-hybridized carbons (Fsp3) is 0.875. The molecule has 0 unspecified atom stereocenters. The van der Waals surface area contributed by atoms with Crippen LogP contribution in [-0.2, 0) is 4.74 Å². The predicted molar refractivity (Wildman–Crippen MR) is 42.1 cm³/mol. The van der Waals surface area contributed by atoms with Crippen LogP contribution >= 0.6 is 0 Å². The molecule has 0 bridgehead atoms. The summed E-state index contributed by atoms with van der Waals surface area (Å²) in [4.78, 5) is 2.00. The number of hydrogen-bond acceptors (Lipinski definition) is 3. The zero-order valence-electron chi connectivity index (χ0n) is 7.13. The van der Waals surface area contributed by atoms with Gasteiger partial charge in [0.25, 0.3) is 0 Å². The molecular formula is C8H14N2O. The van der Waals surface area contributed by atoms with E-state index in [2.05, 4.69) is 6.07 Å². The van der Waals surface area contributed by atoms with Gasteiger partial charge in [-0.3, -0.25) is 4.90 Å². The monoisotopic (exact) mass is 154 g/mol. The van der Waals surface area contributed by atoms with Crippen LogP contribution in [0.2, 0.25) is 0 Å². The van der Waals surface area contributed by atoms with Crippen LogP contribution in [0.3, 0.4) is 0 Å². The molecular weight excluding hydrogens is 140 g/mol. The molecule has 1 heterocycles. The smallest absolute Gasteiger partial charge is 0.113 e. The first-order valence-electron chi connectivity index (χ1n) is 3.88. The Bertz CT molecular complexity index is 165. The lowest BCUT2D eigenvalue weighted by Gasteiger charge is -2.36. The Kier molecular flexibility index (Phi) is 2.48. The number of nitriles is 1. The van der Waals surface area contributed by atoms with E-state index in [-0.39, 0.29) is 5.54 Å². The van der Waals surface area contributed by atoms with Crippen molar-refractivity contribution < 1.29 is 4.74 Å². The van der Waals surface area contributed by atoms with E-state index in [9.17, 15) is 0 Å². The molecule has 0 atom stereocenters. The zero-order valence-corrected chi connectivity index (χ0v) is 7.13. The summed E-state index contributed by atoms with van der Waals surface area (Å²) in [6.07, 6.45) is 1.66. The van der Waals surface area contributed by atoms with Crippen molar-refractivity contribution in [2.24, 2.45) is 0 Å². The topological polar surface area (TPSA) is 36.3 Å². The highest BCUT2D eigenvalue weighted by Gasteiger charge is 2.34. The minimum Gasteiger partial charge on any atom is -0.381 e. The third-order valence-electron chi connectivity index (χ3n) is 2.38. The van der Waals surface area contributed by atoms with Crippen molar-refractivity contribution in [1.82, 2.24) is 4.90 Å². The highest BCUT2D eigenvalue weighted by atomic mass is 16.5. The standard InChI is InChI=1S/C8H14N2O/c1-10(2)8(7-9)3-5-11-6-4-8/h3-6H2,1-2H3. The molecule has 62 valence electrons. The Hall–Kier alpha value is -0.590. The molecule has 0 aromatic carbocycles. The van der Waals surface area contributed by atoms with E-state index in [4.69, 9.17) is 10.00 Å². The Balaban J connectivity index is 2.67. The third-order valence-corrected chi connectivity index (χ3v) is 2.38. The second-order valence-corrected chi connectivity index (χ2v) is 3.15. The maximum atomic E-state index is 8.96. The van der Waals surface area contributed by atoms with Gasteiger partial charge in [0, 0.05) is 26.1 Å². The maximum absolute atomic E-state index is 8.96. The maximum Gasteiger partial charge on any atom is 0.113 e. The minimum atomic E-state index is -0.266. The van der Waals surface area contributed by atoms with Crippen molar-refractivity contribution in [2.45, 2.75) is 18.4 Å². The van der Waals surface area contributed by atoms with Gasteiger partial charge in [-0.05, 0) is 14.1 Å². The molecule has 0 spiro atoms. The summed E-state index contributed by atoms with van der Waals surface area (Å²) >= 11 is 0. The number of hydrogen-bond donors (Lipinski definition) is 0. The SMILES string of the molecule is CN(C)C1(C#N)CCOCC1. The summed E-state index contributed by atoms with van der Waals surface area (Å²) in [7, 11) is 3.91. The van der Waals surface area contributed by atoms with Crippen LogP contribution in [0, 0.1) is 11.3 Å². The van der Waals surface area contributed by atoms with Gasteiger partial charge in [-0.2, -0.15) is 5.26 Å². The van der Waals surface area contributed by atoms with Crippen LogP contribution in [0.4, 0.5) is 0 Å². The second kappa shape index (κ2) is 3.21. The average Bonchev–Trinajstić information content (AvgIpc) is 2.05. The molecule has 1 saturated heterocycles. The van der Waals surface area contributed by atoms with Crippen molar-refractivity contribution in [2.75, 3.05) is 27.3 Å². The molecule has 1 aliphatic heterocycles. The number of nitrogens with zero attached hydrogens (tertiary/aromatic N) is 2. The molecule has 1 rings (SSSR count). The Morgan fingerprint density at radius 1 is 1.36 bits per heavy atom. The fourth-order valence-corrected chi connectivity index (χ4v) is 1.37. The molecule has 3 heteroatoms. The van der Waals surface area contributed by atoms with Gasteiger partial charge in [0.2, 0.25) is 0 Å². The summed E-state index contributed by atoms with van der Waals surface area (Å²) in [6.45, 7) is 1.43. The van der Waals surface area contributed by atoms with Gasteiger partial charge >= 0.3 is 0 Å². The highest BCUT2D eigenvalue weighted by Crippen LogP contribution is 2.24. The van der Waals surface area contributed by atoms with Gasteiger partial charge in [0.1, 0.15) is 5.54 Å². The zero-order chi connectivity index (χ0) is 8.32. The van der Waals surface area contributed by atoms with E-state index >= 15 is 0 Å². The number of ether oxygens (including phenoxy) is 1. The van der Waals surface area contributed by atoms with E-state index in [1.807, 2.05) is 19.0 Å². The summed E-state index contributed by atoms with van der Waals surface area (Å²) in [5.41, 5.74) is -0.266. The normalized spacial score (nSPS) is 23.1. The van der Waals surface area contributed by atoms with Crippen LogP contribution in [0.1, 0.15) is 12.8 Å². The van der Waals surface area contributed by atoms with Crippen molar-refractivity contribution >= 4 is 0 Å². The quantitative estimate of drug-likeness (QED) is 0.555. The molecule has 0 amide bonds. The molecule has 3 nitrogen and oxygen atoms in total. The van der Waals surface area contributed by atoms with E-state index in [0.717, 1.165) is 12.8 Å². The van der Waals surface area contributed by atoms with Crippen molar-refractivity contribution in [1.29, 1.82) is 5.26 Å². The van der Waals surface area contributed by atoms with Crippen LogP contribution in [0.25, 0.3) is 0 Å². The molecule has 1 aliphatic rings. The Morgan fingerprint density at radius 2 is 1.91 bits per heavy atom. The Morgan fingerprint density at radius 3 is 2.18 bits per heavy atom. The van der Waals surface area contributed by atoms with Gasteiger partial charge < -0.3 is 4.74 Å². The molecule has 1 fully saturated rings. The second-order valence-electron chi connectivity index (χ2n) is 3.15. The van der Waals surface area contributed by atoms with E-state index in [0.29, 0.717) is 13.2 Å². The summed E-state index contributed by atoms with van der Waals surface area (Å²) in [5, 5.41) is 8.96. The first kappa shape index (κ1) is 8.51. The van der Waals surface area contributed by atoms with Crippen molar-refractivity contribution in [3.63, 3.8) is 0 Å². The van der Waals surface area contributed by atoms with Gasteiger partial charge in [0.15, 0.2) is 0 Å². The van der Waals surface area contributed by atoms with Gasteiger partial charge in [-0.25, -0.2) is 0 Å². The van der Waals surface area contributed by atoms with Crippen molar-refractivity contribution in [3.8, 4) is 6.07 Å². The average molecular weight is 154 g/mol. The third kappa shape index (κ3) is 1.52. The van der Waals surface area contributed by atoms with Gasteiger partial charge in [-0.15, -0.1) is 0 Å². The van der Waals surface area contributed by atoms with Crippen LogP contribution in [0.5, 0.6) is 0 Å². The molecule has 0 radical (unpaired) electrons. The molecule has 0 aromatic rings. The summed E-state index contributed by atoms with van der Waals surface area (Å²) in [5.74, 6) is 0. The fourth-order valence-electron chi connectivity index (χ4n) is 1.37. The lowest BCUT2D eigenvalue weighted by atomic mass is 9.91. The van der Waals surface area contributed by atoms with Crippen LogP contribution in [0.15, 0.2) is 0 Å². The van der Waals surface area contributed by atoms with E-state index in [1.54, 1.807) is 0 Å². The van der Waals surface area contributed by atoms with Gasteiger partial charge in [-0.1, -0.05) is 0 Å². The molecule has 0 N–H and O–H groups in total. The van der Waals surface area contributed by atoms with Crippen LogP contribution in [-0.4, -0.2) is 37.7 Å². The molecule has 0 aliphatic carbocycles. The van der Waals surface area contributed by atoms with E-state index < -0.39 is 0 Å². The Labute approximate surface area is 67.6 Å². The van der Waals surface area contributed by atoms with E-state index in [1.165, 1.54) is 0 Å². The summed E-state index contributed by atoms with van der Waals surface area (Å²) in [6, 6.07) is 2.36. The van der Waals surface area contributed by atoms with Crippen molar-refractivity contribution in [3.05, 3.63) is 0 Å². The lowest BCUT2D eigenvalue weighted by Crippen LogP contribution is -2.47. The first-order valence-corrected chi connectivity index (χ1v) is 3.88.